The van der Waals surface area contributed by atoms with Crippen LogP contribution in [0.2, 0.25) is 0 Å². The summed E-state index contributed by atoms with van der Waals surface area (Å²) in [5.41, 5.74) is 1.72. The maximum Gasteiger partial charge on any atom is 0.299 e. The van der Waals surface area contributed by atoms with E-state index in [0.717, 1.165) is 44.3 Å². The zero-order valence-corrected chi connectivity index (χ0v) is 19.8. The Bertz CT molecular complexity index is 1170. The van der Waals surface area contributed by atoms with Crippen molar-refractivity contribution >= 4 is 34.2 Å². The summed E-state index contributed by atoms with van der Waals surface area (Å²) in [6.45, 7) is 3.88. The number of hydrogen-bond acceptors (Lipinski definition) is 4. The highest BCUT2D eigenvalue weighted by atomic mass is 16.5. The number of amides is 2. The number of Topliss-reactive ketones (excluding diaryl/α,β-unsaturated/α-hetero) is 1. The summed E-state index contributed by atoms with van der Waals surface area (Å²) in [5, 5.41) is 0.676. The number of hydrogen-bond donors (Lipinski definition) is 0. The molecule has 1 aliphatic heterocycles. The molecule has 2 heterocycles. The van der Waals surface area contributed by atoms with Crippen LogP contribution in [-0.2, 0) is 16.1 Å². The molecule has 0 spiro atoms. The quantitative estimate of drug-likeness (QED) is 0.389. The normalized spacial score (nSPS) is 14.0. The molecule has 3 aromatic rings. The standard InChI is InChI=1S/C27H31N3O4/c1-3-30(20-12-14-21(34-2)15-13-20)27(33)26(32)23-18-29(24-11-7-6-10-22(23)24)19-25(31)28-16-8-4-5-9-17-28/h6-7,10-15,18H,3-5,8-9,16-17,19H2,1-2H3. The van der Waals surface area contributed by atoms with Crippen LogP contribution in [0.1, 0.15) is 43.0 Å². The van der Waals surface area contributed by atoms with Gasteiger partial charge < -0.3 is 19.1 Å². The van der Waals surface area contributed by atoms with Gasteiger partial charge in [0.25, 0.3) is 11.7 Å². The second-order valence-corrected chi connectivity index (χ2v) is 8.56. The van der Waals surface area contributed by atoms with Crippen LogP contribution in [0.3, 0.4) is 0 Å². The first kappa shape index (κ1) is 23.5. The Morgan fingerprint density at radius 3 is 2.26 bits per heavy atom. The van der Waals surface area contributed by atoms with Gasteiger partial charge in [0.2, 0.25) is 5.91 Å². The molecule has 0 radical (unpaired) electrons. The maximum atomic E-state index is 13.4. The number of benzene rings is 2. The largest absolute Gasteiger partial charge is 0.497 e. The maximum absolute atomic E-state index is 13.4. The summed E-state index contributed by atoms with van der Waals surface area (Å²) in [4.78, 5) is 43.0. The van der Waals surface area contributed by atoms with Crippen molar-refractivity contribution in [1.29, 1.82) is 0 Å². The molecule has 0 atom stereocenters. The van der Waals surface area contributed by atoms with Crippen LogP contribution < -0.4 is 9.64 Å². The number of carbonyl (C=O) groups excluding carboxylic acids is 3. The number of carbonyl (C=O) groups is 3. The molecule has 1 aromatic heterocycles. The van der Waals surface area contributed by atoms with E-state index in [1.54, 1.807) is 42.1 Å². The van der Waals surface area contributed by atoms with Crippen LogP contribution in [0.5, 0.6) is 5.75 Å². The summed E-state index contributed by atoms with van der Waals surface area (Å²) in [6.07, 6.45) is 6.00. The van der Waals surface area contributed by atoms with Crippen LogP contribution in [0.25, 0.3) is 10.9 Å². The Hall–Kier alpha value is -3.61. The minimum absolute atomic E-state index is 0.0430. The van der Waals surface area contributed by atoms with E-state index >= 15 is 0 Å². The molecule has 7 nitrogen and oxygen atoms in total. The molecule has 0 saturated carbocycles. The highest BCUT2D eigenvalue weighted by Gasteiger charge is 2.27. The molecule has 34 heavy (non-hydrogen) atoms. The minimum Gasteiger partial charge on any atom is -0.497 e. The molecule has 1 saturated heterocycles. The highest BCUT2D eigenvalue weighted by molar-refractivity contribution is 6.48. The number of ether oxygens (including phenoxy) is 1. The van der Waals surface area contributed by atoms with Gasteiger partial charge in [0.1, 0.15) is 12.3 Å². The Kier molecular flexibility index (Phi) is 7.30. The summed E-state index contributed by atoms with van der Waals surface area (Å²) in [5.74, 6) is -0.471. The predicted octanol–water partition coefficient (Wildman–Crippen LogP) is 4.29. The van der Waals surface area contributed by atoms with E-state index in [1.165, 1.54) is 4.90 Å². The predicted molar refractivity (Wildman–Crippen MR) is 132 cm³/mol. The highest BCUT2D eigenvalue weighted by Crippen LogP contribution is 2.25. The molecule has 0 aliphatic carbocycles. The van der Waals surface area contributed by atoms with E-state index in [4.69, 9.17) is 4.74 Å². The van der Waals surface area contributed by atoms with E-state index in [1.807, 2.05) is 36.1 Å². The van der Waals surface area contributed by atoms with Crippen molar-refractivity contribution in [2.24, 2.45) is 0 Å². The topological polar surface area (TPSA) is 71.9 Å². The van der Waals surface area contributed by atoms with E-state index in [9.17, 15) is 14.4 Å². The molecular formula is C27H31N3O4. The molecule has 1 fully saturated rings. The Morgan fingerprint density at radius 2 is 1.62 bits per heavy atom. The van der Waals surface area contributed by atoms with E-state index in [2.05, 4.69) is 0 Å². The number of ketones is 1. The lowest BCUT2D eigenvalue weighted by Crippen LogP contribution is -2.36. The van der Waals surface area contributed by atoms with Crippen molar-refractivity contribution < 1.29 is 19.1 Å². The molecule has 178 valence electrons. The number of likely N-dealkylation sites (N-methyl/N-ethyl adjacent to an activating group) is 1. The van der Waals surface area contributed by atoms with Gasteiger partial charge in [-0.25, -0.2) is 0 Å². The molecule has 1 aliphatic rings. The lowest BCUT2D eigenvalue weighted by molar-refractivity contribution is -0.131. The first-order valence-corrected chi connectivity index (χ1v) is 11.9. The van der Waals surface area contributed by atoms with Crippen molar-refractivity contribution in [1.82, 2.24) is 9.47 Å². The fourth-order valence-electron chi connectivity index (χ4n) is 4.57. The molecule has 4 rings (SSSR count). The second kappa shape index (κ2) is 10.5. The molecule has 7 heteroatoms. The third-order valence-corrected chi connectivity index (χ3v) is 6.44. The number of likely N-dealkylation sites (tertiary alicyclic amines) is 1. The van der Waals surface area contributed by atoms with Crippen molar-refractivity contribution in [3.05, 3.63) is 60.3 Å². The first-order chi connectivity index (χ1) is 16.5. The van der Waals surface area contributed by atoms with Crippen LogP contribution in [-0.4, -0.2) is 53.8 Å². The van der Waals surface area contributed by atoms with E-state index < -0.39 is 11.7 Å². The molecule has 0 bridgehead atoms. The molecule has 0 N–H and O–H groups in total. The molecular weight excluding hydrogens is 430 g/mol. The molecule has 2 amide bonds. The van der Waals surface area contributed by atoms with E-state index in [-0.39, 0.29) is 12.5 Å². The zero-order chi connectivity index (χ0) is 24.1. The van der Waals surface area contributed by atoms with Crippen LogP contribution in [0.15, 0.2) is 54.7 Å². The van der Waals surface area contributed by atoms with Gasteiger partial charge in [0, 0.05) is 42.4 Å². The monoisotopic (exact) mass is 461 g/mol. The average Bonchev–Trinajstić information content (AvgIpc) is 3.03. The average molecular weight is 462 g/mol. The van der Waals surface area contributed by atoms with Crippen LogP contribution in [0, 0.1) is 0 Å². The number of anilines is 1. The van der Waals surface area contributed by atoms with Gasteiger partial charge in [0.15, 0.2) is 0 Å². The fraction of sp³-hybridized carbons (Fsp3) is 0.370. The SMILES string of the molecule is CCN(C(=O)C(=O)c1cn(CC(=O)N2CCCCCC2)c2ccccc12)c1ccc(OC)cc1. The third-order valence-electron chi connectivity index (χ3n) is 6.44. The van der Waals surface area contributed by atoms with Gasteiger partial charge in [-0.15, -0.1) is 0 Å². The zero-order valence-electron chi connectivity index (χ0n) is 19.8. The number of aromatic nitrogens is 1. The lowest BCUT2D eigenvalue weighted by atomic mass is 10.1. The molecule has 2 aromatic carbocycles. The third kappa shape index (κ3) is 4.83. The fourth-order valence-corrected chi connectivity index (χ4v) is 4.57. The van der Waals surface area contributed by atoms with Gasteiger partial charge in [-0.2, -0.15) is 0 Å². The Labute approximate surface area is 199 Å². The van der Waals surface area contributed by atoms with E-state index in [0.29, 0.717) is 28.9 Å². The van der Waals surface area contributed by atoms with Gasteiger partial charge in [-0.1, -0.05) is 31.0 Å². The minimum atomic E-state index is -0.602. The summed E-state index contributed by atoms with van der Waals surface area (Å²) in [6, 6.07) is 14.5. The van der Waals surface area contributed by atoms with Crippen molar-refractivity contribution in [2.45, 2.75) is 39.2 Å². The van der Waals surface area contributed by atoms with Gasteiger partial charge in [-0.05, 0) is 50.1 Å². The Balaban J connectivity index is 1.61. The molecule has 0 unspecified atom stereocenters. The number of methoxy groups -OCH3 is 1. The number of nitrogens with zero attached hydrogens (tertiary/aromatic N) is 3. The summed E-state index contributed by atoms with van der Waals surface area (Å²) >= 11 is 0. The lowest BCUT2D eigenvalue weighted by Gasteiger charge is -2.21. The second-order valence-electron chi connectivity index (χ2n) is 8.56. The van der Waals surface area contributed by atoms with Gasteiger partial charge in [-0.3, -0.25) is 14.4 Å². The van der Waals surface area contributed by atoms with Gasteiger partial charge >= 0.3 is 0 Å². The number of para-hydroxylation sites is 1. The summed E-state index contributed by atoms with van der Waals surface area (Å²) < 4.78 is 6.99. The van der Waals surface area contributed by atoms with Crippen molar-refractivity contribution in [2.75, 3.05) is 31.6 Å². The van der Waals surface area contributed by atoms with Crippen LogP contribution in [0.4, 0.5) is 5.69 Å². The van der Waals surface area contributed by atoms with Crippen LogP contribution >= 0.6 is 0 Å². The Morgan fingerprint density at radius 1 is 0.941 bits per heavy atom. The van der Waals surface area contributed by atoms with Crippen molar-refractivity contribution in [3.8, 4) is 5.75 Å². The number of fused-ring (bicyclic) bond motifs is 1. The van der Waals surface area contributed by atoms with Gasteiger partial charge in [0.05, 0.1) is 12.7 Å². The van der Waals surface area contributed by atoms with Crippen molar-refractivity contribution in [3.63, 3.8) is 0 Å². The number of rotatable bonds is 7. The summed E-state index contributed by atoms with van der Waals surface area (Å²) in [7, 11) is 1.58. The smallest absolute Gasteiger partial charge is 0.299 e. The first-order valence-electron chi connectivity index (χ1n) is 11.9.